The molecule has 23 heavy (non-hydrogen) atoms. The highest BCUT2D eigenvalue weighted by atomic mass is 32.1. The van der Waals surface area contributed by atoms with Crippen LogP contribution >= 0.6 is 11.3 Å². The summed E-state index contributed by atoms with van der Waals surface area (Å²) in [5, 5.41) is 2.89. The smallest absolute Gasteiger partial charge is 0.258 e. The van der Waals surface area contributed by atoms with E-state index >= 15 is 0 Å². The average Bonchev–Trinajstić information content (AvgIpc) is 3.09. The van der Waals surface area contributed by atoms with Crippen LogP contribution in [-0.4, -0.2) is 10.9 Å². The topological polar surface area (TPSA) is 42.0 Å². The first-order chi connectivity index (χ1) is 11.2. The van der Waals surface area contributed by atoms with Gasteiger partial charge in [0, 0.05) is 16.0 Å². The molecule has 1 amide bonds. The van der Waals surface area contributed by atoms with E-state index in [2.05, 4.69) is 23.3 Å². The summed E-state index contributed by atoms with van der Waals surface area (Å²) >= 11 is 1.85. The Labute approximate surface area is 140 Å². The predicted molar refractivity (Wildman–Crippen MR) is 95.6 cm³/mol. The van der Waals surface area contributed by atoms with E-state index in [0.29, 0.717) is 11.5 Å². The lowest BCUT2D eigenvalue weighted by atomic mass is 9.87. The van der Waals surface area contributed by atoms with E-state index in [0.717, 1.165) is 16.3 Å². The Morgan fingerprint density at radius 1 is 1.30 bits per heavy atom. The molecule has 1 aliphatic heterocycles. The van der Waals surface area contributed by atoms with E-state index in [1.54, 1.807) is 6.20 Å². The molecule has 0 unspecified atom stereocenters. The van der Waals surface area contributed by atoms with Crippen LogP contribution in [-0.2, 0) is 4.79 Å². The Morgan fingerprint density at radius 2 is 2.13 bits per heavy atom. The van der Waals surface area contributed by atoms with Crippen molar-refractivity contribution < 1.29 is 4.79 Å². The molecule has 3 heterocycles. The van der Waals surface area contributed by atoms with Crippen LogP contribution in [0.25, 0.3) is 11.6 Å². The fourth-order valence-corrected chi connectivity index (χ4v) is 4.95. The summed E-state index contributed by atoms with van der Waals surface area (Å²) in [4.78, 5) is 19.2. The van der Waals surface area contributed by atoms with Crippen molar-refractivity contribution in [3.63, 3.8) is 0 Å². The molecule has 0 aromatic carbocycles. The summed E-state index contributed by atoms with van der Waals surface area (Å²) in [6.45, 7) is 2.20. The Hall–Kier alpha value is -1.94. The highest BCUT2D eigenvalue weighted by Gasteiger charge is 2.26. The molecular weight excluding hydrogens is 304 g/mol. The van der Waals surface area contributed by atoms with E-state index in [9.17, 15) is 4.79 Å². The first-order valence-corrected chi connectivity index (χ1v) is 9.13. The first-order valence-electron chi connectivity index (χ1n) is 8.31. The Balaban J connectivity index is 1.68. The molecule has 2 aromatic heterocycles. The van der Waals surface area contributed by atoms with Gasteiger partial charge < -0.3 is 5.32 Å². The fraction of sp³-hybridized carbons (Fsp3) is 0.368. The minimum atomic E-state index is -0.0519. The first kappa shape index (κ1) is 14.6. The number of aryl methyl sites for hydroxylation is 1. The second-order valence-electron chi connectivity index (χ2n) is 6.44. The third-order valence-corrected chi connectivity index (χ3v) is 6.14. The van der Waals surface area contributed by atoms with Gasteiger partial charge in [-0.15, -0.1) is 11.3 Å². The van der Waals surface area contributed by atoms with Crippen molar-refractivity contribution in [2.24, 2.45) is 0 Å². The average molecular weight is 324 g/mol. The van der Waals surface area contributed by atoms with Gasteiger partial charge in [-0.2, -0.15) is 0 Å². The molecule has 4 heteroatoms. The lowest BCUT2D eigenvalue weighted by molar-refractivity contribution is -0.110. The van der Waals surface area contributed by atoms with Gasteiger partial charge in [-0.05, 0) is 55.5 Å². The van der Waals surface area contributed by atoms with Crippen molar-refractivity contribution in [3.8, 4) is 0 Å². The van der Waals surface area contributed by atoms with Gasteiger partial charge in [-0.25, -0.2) is 0 Å². The quantitative estimate of drug-likeness (QED) is 0.791. The molecule has 0 saturated heterocycles. The number of aromatic nitrogens is 1. The molecule has 0 radical (unpaired) electrons. The van der Waals surface area contributed by atoms with Gasteiger partial charge in [-0.1, -0.05) is 19.3 Å². The van der Waals surface area contributed by atoms with Gasteiger partial charge in [0.2, 0.25) is 0 Å². The number of fused-ring (bicyclic) bond motifs is 1. The van der Waals surface area contributed by atoms with E-state index in [-0.39, 0.29) is 5.91 Å². The molecule has 4 rings (SSSR count). The van der Waals surface area contributed by atoms with E-state index in [1.807, 2.05) is 29.5 Å². The van der Waals surface area contributed by atoms with Crippen molar-refractivity contribution in [1.82, 2.24) is 4.98 Å². The second kappa shape index (κ2) is 5.93. The lowest BCUT2D eigenvalue weighted by Gasteiger charge is -2.21. The van der Waals surface area contributed by atoms with Gasteiger partial charge in [-0.3, -0.25) is 9.78 Å². The van der Waals surface area contributed by atoms with Crippen LogP contribution in [0.2, 0.25) is 0 Å². The number of hydrogen-bond acceptors (Lipinski definition) is 3. The highest BCUT2D eigenvalue weighted by molar-refractivity contribution is 7.13. The van der Waals surface area contributed by atoms with Gasteiger partial charge >= 0.3 is 0 Å². The summed E-state index contributed by atoms with van der Waals surface area (Å²) in [5.74, 6) is 0.660. The molecule has 3 nitrogen and oxygen atoms in total. The standard InChI is InChI=1S/C19H20N2OS/c1-12-10-14(23-18(12)13-6-3-2-4-7-13)11-15-17-16(21-19(15)22)8-5-9-20-17/h5,8-11,13H,2-4,6-7H2,1H3,(H,21,22). The zero-order chi connectivity index (χ0) is 15.8. The number of carbonyl (C=O) groups excluding carboxylic acids is 1. The maximum absolute atomic E-state index is 12.2. The molecule has 0 spiro atoms. The Morgan fingerprint density at radius 3 is 2.96 bits per heavy atom. The normalized spacial score (nSPS) is 19.9. The number of amides is 1. The summed E-state index contributed by atoms with van der Waals surface area (Å²) in [7, 11) is 0. The van der Waals surface area contributed by atoms with Crippen LogP contribution in [0.15, 0.2) is 24.4 Å². The number of nitrogens with zero attached hydrogens (tertiary/aromatic N) is 1. The van der Waals surface area contributed by atoms with E-state index < -0.39 is 0 Å². The summed E-state index contributed by atoms with van der Waals surface area (Å²) in [6, 6.07) is 5.96. The predicted octanol–water partition coefficient (Wildman–Crippen LogP) is 4.99. The van der Waals surface area contributed by atoms with Crippen LogP contribution < -0.4 is 5.32 Å². The number of nitrogens with one attached hydrogen (secondary N) is 1. The molecular formula is C19H20N2OS. The van der Waals surface area contributed by atoms with Gasteiger partial charge in [0.05, 0.1) is 17.0 Å². The number of hydrogen-bond donors (Lipinski definition) is 1. The molecule has 1 saturated carbocycles. The van der Waals surface area contributed by atoms with Crippen LogP contribution in [0.3, 0.4) is 0 Å². The van der Waals surface area contributed by atoms with Crippen molar-refractivity contribution in [3.05, 3.63) is 45.4 Å². The van der Waals surface area contributed by atoms with Crippen LogP contribution in [0.4, 0.5) is 5.69 Å². The third-order valence-electron chi connectivity index (χ3n) is 4.79. The zero-order valence-electron chi connectivity index (χ0n) is 13.3. The molecule has 1 aliphatic carbocycles. The molecule has 118 valence electrons. The maximum Gasteiger partial charge on any atom is 0.258 e. The third kappa shape index (κ3) is 2.72. The minimum Gasteiger partial charge on any atom is -0.320 e. The van der Waals surface area contributed by atoms with Gasteiger partial charge in [0.1, 0.15) is 0 Å². The molecule has 0 bridgehead atoms. The van der Waals surface area contributed by atoms with Crippen LogP contribution in [0, 0.1) is 6.92 Å². The number of anilines is 1. The number of pyridine rings is 1. The van der Waals surface area contributed by atoms with Crippen LogP contribution in [0.1, 0.15) is 59.0 Å². The molecule has 2 aromatic rings. The van der Waals surface area contributed by atoms with E-state index in [4.69, 9.17) is 0 Å². The highest BCUT2D eigenvalue weighted by Crippen LogP contribution is 2.40. The number of thiophene rings is 1. The van der Waals surface area contributed by atoms with Crippen molar-refractivity contribution in [2.75, 3.05) is 5.32 Å². The van der Waals surface area contributed by atoms with Crippen molar-refractivity contribution in [2.45, 2.75) is 44.9 Å². The molecule has 1 fully saturated rings. The fourth-order valence-electron chi connectivity index (χ4n) is 3.66. The van der Waals surface area contributed by atoms with Crippen LogP contribution in [0.5, 0.6) is 0 Å². The SMILES string of the molecule is Cc1cc(C=C2C(=O)Nc3cccnc32)sc1C1CCCCC1. The molecule has 1 N–H and O–H groups in total. The zero-order valence-corrected chi connectivity index (χ0v) is 14.1. The van der Waals surface area contributed by atoms with Gasteiger partial charge in [0.15, 0.2) is 0 Å². The summed E-state index contributed by atoms with van der Waals surface area (Å²) < 4.78 is 0. The van der Waals surface area contributed by atoms with Crippen molar-refractivity contribution in [1.29, 1.82) is 0 Å². The number of rotatable bonds is 2. The van der Waals surface area contributed by atoms with Gasteiger partial charge in [0.25, 0.3) is 5.91 Å². The van der Waals surface area contributed by atoms with E-state index in [1.165, 1.54) is 42.5 Å². The minimum absolute atomic E-state index is 0.0519. The Kier molecular flexibility index (Phi) is 3.77. The maximum atomic E-state index is 12.2. The number of carbonyl (C=O) groups is 1. The monoisotopic (exact) mass is 324 g/mol. The van der Waals surface area contributed by atoms with Crippen molar-refractivity contribution >= 4 is 34.6 Å². The Bertz CT molecular complexity index is 784. The largest absolute Gasteiger partial charge is 0.320 e. The molecule has 2 aliphatic rings. The lowest BCUT2D eigenvalue weighted by Crippen LogP contribution is -2.03. The summed E-state index contributed by atoms with van der Waals surface area (Å²) in [5.41, 5.74) is 3.62. The summed E-state index contributed by atoms with van der Waals surface area (Å²) in [6.07, 6.45) is 10.4. The molecule has 0 atom stereocenters. The second-order valence-corrected chi connectivity index (χ2v) is 7.56.